The van der Waals surface area contributed by atoms with E-state index >= 15 is 0 Å². The first-order valence-corrected chi connectivity index (χ1v) is 9.19. The van der Waals surface area contributed by atoms with Gasteiger partial charge in [-0.2, -0.15) is 0 Å². The number of aryl methyl sites for hydroxylation is 1. The summed E-state index contributed by atoms with van der Waals surface area (Å²) in [7, 11) is 0. The predicted molar refractivity (Wildman–Crippen MR) is 99.8 cm³/mol. The molecule has 1 amide bonds. The maximum absolute atomic E-state index is 12.9. The fourth-order valence-electron chi connectivity index (χ4n) is 3.52. The van der Waals surface area contributed by atoms with E-state index in [1.54, 1.807) is 36.9 Å². The zero-order chi connectivity index (χ0) is 19.6. The van der Waals surface area contributed by atoms with Crippen LogP contribution in [0.3, 0.4) is 0 Å². The number of ether oxygens (including phenoxy) is 1. The average Bonchev–Trinajstić information content (AvgIpc) is 2.68. The number of fused-ring (bicyclic) bond motifs is 1. The van der Waals surface area contributed by atoms with Crippen LogP contribution in [0, 0.1) is 5.92 Å². The molecule has 3 rings (SSSR count). The molecule has 0 bridgehead atoms. The Balaban J connectivity index is 1.89. The number of carbonyl (C=O) groups excluding carboxylic acids is 2. The van der Waals surface area contributed by atoms with Crippen molar-refractivity contribution in [3.63, 3.8) is 0 Å². The van der Waals surface area contributed by atoms with Crippen molar-refractivity contribution in [1.82, 2.24) is 14.5 Å². The molecule has 1 aliphatic rings. The van der Waals surface area contributed by atoms with Gasteiger partial charge in [0.2, 0.25) is 0 Å². The molecule has 144 valence electrons. The zero-order valence-corrected chi connectivity index (χ0v) is 15.5. The first-order valence-electron chi connectivity index (χ1n) is 9.19. The fourth-order valence-corrected chi connectivity index (χ4v) is 3.52. The number of hydrogen-bond donors (Lipinski definition) is 1. The Morgan fingerprint density at radius 3 is 2.74 bits per heavy atom. The van der Waals surface area contributed by atoms with Gasteiger partial charge in [-0.15, -0.1) is 0 Å². The van der Waals surface area contributed by atoms with Crippen molar-refractivity contribution < 1.29 is 14.3 Å². The molecule has 1 unspecified atom stereocenters. The number of esters is 1. The van der Waals surface area contributed by atoms with Crippen molar-refractivity contribution in [1.29, 1.82) is 0 Å². The van der Waals surface area contributed by atoms with E-state index in [4.69, 9.17) is 4.74 Å². The van der Waals surface area contributed by atoms with E-state index in [0.717, 1.165) is 6.42 Å². The fraction of sp³-hybridized carbons (Fsp3) is 0.474. The van der Waals surface area contributed by atoms with Crippen molar-refractivity contribution in [3.8, 4) is 0 Å². The molecule has 0 aliphatic carbocycles. The van der Waals surface area contributed by atoms with E-state index in [1.165, 1.54) is 4.57 Å². The lowest BCUT2D eigenvalue weighted by molar-refractivity contribution is -0.149. The Kier molecular flexibility index (Phi) is 5.43. The zero-order valence-electron chi connectivity index (χ0n) is 15.5. The number of benzene rings is 1. The molecule has 0 spiro atoms. The van der Waals surface area contributed by atoms with Crippen molar-refractivity contribution in [3.05, 3.63) is 44.5 Å². The third-order valence-corrected chi connectivity index (χ3v) is 4.87. The Hall–Kier alpha value is -2.90. The summed E-state index contributed by atoms with van der Waals surface area (Å²) < 4.78 is 6.45. The third-order valence-electron chi connectivity index (χ3n) is 4.87. The number of amides is 1. The summed E-state index contributed by atoms with van der Waals surface area (Å²) in [5.74, 6) is -0.793. The summed E-state index contributed by atoms with van der Waals surface area (Å²) in [6.45, 7) is 5.11. The Morgan fingerprint density at radius 1 is 1.26 bits per heavy atom. The molecule has 1 atom stereocenters. The maximum atomic E-state index is 12.9. The van der Waals surface area contributed by atoms with E-state index in [-0.39, 0.29) is 17.8 Å². The SMILES string of the molecule is CCOC(=O)C1CCCN(C(=O)c2ccc3c(c2)[nH]c(=O)c(=O)n3CC)C1. The molecule has 1 aliphatic heterocycles. The van der Waals surface area contributed by atoms with Gasteiger partial charge in [0.05, 0.1) is 23.6 Å². The smallest absolute Gasteiger partial charge is 0.316 e. The summed E-state index contributed by atoms with van der Waals surface area (Å²) in [6.07, 6.45) is 1.44. The highest BCUT2D eigenvalue weighted by atomic mass is 16.5. The lowest BCUT2D eigenvalue weighted by Crippen LogP contribution is -2.42. The average molecular weight is 373 g/mol. The topological polar surface area (TPSA) is 101 Å². The van der Waals surface area contributed by atoms with E-state index in [1.807, 2.05) is 0 Å². The second kappa shape index (κ2) is 7.77. The Labute approximate surface area is 155 Å². The van der Waals surface area contributed by atoms with Crippen LogP contribution in [0.2, 0.25) is 0 Å². The standard InChI is InChI=1S/C19H23N3O5/c1-3-22-15-8-7-12(10-14(15)20-16(23)18(22)25)17(24)21-9-5-6-13(11-21)19(26)27-4-2/h7-8,10,13H,3-6,9,11H2,1-2H3,(H,20,23). The highest BCUT2D eigenvalue weighted by Crippen LogP contribution is 2.21. The van der Waals surface area contributed by atoms with Gasteiger partial charge in [0, 0.05) is 25.2 Å². The predicted octanol–water partition coefficient (Wildman–Crippen LogP) is 1.12. The second-order valence-corrected chi connectivity index (χ2v) is 6.58. The number of hydrogen-bond acceptors (Lipinski definition) is 5. The number of rotatable bonds is 4. The number of aromatic amines is 1. The molecule has 1 saturated heterocycles. The van der Waals surface area contributed by atoms with Gasteiger partial charge in [-0.1, -0.05) is 0 Å². The van der Waals surface area contributed by atoms with Crippen LogP contribution < -0.4 is 11.1 Å². The van der Waals surface area contributed by atoms with Crippen LogP contribution >= 0.6 is 0 Å². The number of carbonyl (C=O) groups is 2. The van der Waals surface area contributed by atoms with Crippen molar-refractivity contribution in [2.75, 3.05) is 19.7 Å². The third kappa shape index (κ3) is 3.65. The summed E-state index contributed by atoms with van der Waals surface area (Å²) in [6, 6.07) is 4.89. The Morgan fingerprint density at radius 2 is 2.04 bits per heavy atom. The highest BCUT2D eigenvalue weighted by molar-refractivity contribution is 5.97. The first-order chi connectivity index (χ1) is 13.0. The van der Waals surface area contributed by atoms with Gasteiger partial charge in [-0.3, -0.25) is 19.2 Å². The van der Waals surface area contributed by atoms with Crippen LogP contribution in [-0.4, -0.2) is 46.0 Å². The second-order valence-electron chi connectivity index (χ2n) is 6.58. The van der Waals surface area contributed by atoms with Crippen LogP contribution in [0.15, 0.2) is 27.8 Å². The van der Waals surface area contributed by atoms with Gasteiger partial charge < -0.3 is 19.2 Å². The summed E-state index contributed by atoms with van der Waals surface area (Å²) >= 11 is 0. The van der Waals surface area contributed by atoms with E-state index < -0.39 is 11.1 Å². The molecule has 0 saturated carbocycles. The molecule has 0 radical (unpaired) electrons. The normalized spacial score (nSPS) is 17.1. The lowest BCUT2D eigenvalue weighted by atomic mass is 9.97. The number of H-pyrrole nitrogens is 1. The van der Waals surface area contributed by atoms with Crippen LogP contribution in [0.5, 0.6) is 0 Å². The number of nitrogens with zero attached hydrogens (tertiary/aromatic N) is 2. The molecule has 1 fully saturated rings. The minimum Gasteiger partial charge on any atom is -0.466 e. The van der Waals surface area contributed by atoms with Crippen LogP contribution in [-0.2, 0) is 16.1 Å². The van der Waals surface area contributed by atoms with Crippen LogP contribution in [0.25, 0.3) is 11.0 Å². The van der Waals surface area contributed by atoms with E-state index in [2.05, 4.69) is 4.98 Å². The monoisotopic (exact) mass is 373 g/mol. The molecule has 1 N–H and O–H groups in total. The largest absolute Gasteiger partial charge is 0.466 e. The number of piperidine rings is 1. The van der Waals surface area contributed by atoms with E-state index in [9.17, 15) is 19.2 Å². The summed E-state index contributed by atoms with van der Waals surface area (Å²) in [5, 5.41) is 0. The van der Waals surface area contributed by atoms with Gasteiger partial charge in [0.15, 0.2) is 0 Å². The molecule has 2 aromatic rings. The first kappa shape index (κ1) is 18.9. The van der Waals surface area contributed by atoms with Crippen LogP contribution in [0.1, 0.15) is 37.0 Å². The molecular formula is C19H23N3O5. The number of likely N-dealkylation sites (tertiary alicyclic amines) is 1. The quantitative estimate of drug-likeness (QED) is 0.639. The molecule has 8 nitrogen and oxygen atoms in total. The molecule has 1 aromatic heterocycles. The van der Waals surface area contributed by atoms with Gasteiger partial charge >= 0.3 is 17.1 Å². The van der Waals surface area contributed by atoms with Crippen LogP contribution in [0.4, 0.5) is 0 Å². The van der Waals surface area contributed by atoms with Gasteiger partial charge in [0.1, 0.15) is 0 Å². The summed E-state index contributed by atoms with van der Waals surface area (Å²) in [5.41, 5.74) is 0.0867. The molecular weight excluding hydrogens is 350 g/mol. The molecule has 27 heavy (non-hydrogen) atoms. The molecule has 2 heterocycles. The lowest BCUT2D eigenvalue weighted by Gasteiger charge is -2.31. The molecule has 1 aromatic carbocycles. The number of aromatic nitrogens is 2. The molecule has 8 heteroatoms. The minimum atomic E-state index is -0.714. The van der Waals surface area contributed by atoms with Gasteiger partial charge in [-0.25, -0.2) is 0 Å². The summed E-state index contributed by atoms with van der Waals surface area (Å²) in [4.78, 5) is 52.8. The van der Waals surface area contributed by atoms with Crippen molar-refractivity contribution >= 4 is 22.9 Å². The van der Waals surface area contributed by atoms with E-state index in [0.29, 0.717) is 49.3 Å². The van der Waals surface area contributed by atoms with Crippen molar-refractivity contribution in [2.24, 2.45) is 5.92 Å². The minimum absolute atomic E-state index is 0.207. The van der Waals surface area contributed by atoms with Crippen molar-refractivity contribution in [2.45, 2.75) is 33.2 Å². The number of nitrogens with one attached hydrogen (secondary N) is 1. The highest BCUT2D eigenvalue weighted by Gasteiger charge is 2.30. The Bertz CT molecular complexity index is 991. The van der Waals surface area contributed by atoms with Gasteiger partial charge in [-0.05, 0) is 44.9 Å². The van der Waals surface area contributed by atoms with Gasteiger partial charge in [0.25, 0.3) is 5.91 Å². The maximum Gasteiger partial charge on any atom is 0.316 e.